The van der Waals surface area contributed by atoms with Gasteiger partial charge in [-0.1, -0.05) is 0 Å². The average molecular weight is 161 g/mol. The van der Waals surface area contributed by atoms with Gasteiger partial charge in [0.15, 0.2) is 0 Å². The van der Waals surface area contributed by atoms with E-state index >= 15 is 0 Å². The summed E-state index contributed by atoms with van der Waals surface area (Å²) < 4.78 is 0. The fourth-order valence-electron chi connectivity index (χ4n) is 0.648. The Morgan fingerprint density at radius 2 is 2.10 bits per heavy atom. The second-order valence-corrected chi connectivity index (χ2v) is 2.93. The van der Waals surface area contributed by atoms with Crippen LogP contribution in [0.25, 0.3) is 0 Å². The molecule has 0 aromatic carbocycles. The molecule has 0 heterocycles. The van der Waals surface area contributed by atoms with E-state index in [1.807, 2.05) is 19.9 Å². The number of nitrogens with zero attached hydrogens (tertiary/aromatic N) is 1. The van der Waals surface area contributed by atoms with Crippen molar-refractivity contribution in [1.82, 2.24) is 0 Å². The van der Waals surface area contributed by atoms with Gasteiger partial charge in [-0.2, -0.15) is 0 Å². The van der Waals surface area contributed by atoms with Crippen LogP contribution in [0, 0.1) is 0 Å². The summed E-state index contributed by atoms with van der Waals surface area (Å²) in [6.07, 6.45) is 1.85. The Kier molecular flexibility index (Phi) is 4.12. The first-order chi connectivity index (χ1) is 4.52. The molecule has 0 rings (SSSR count). The second kappa shape index (κ2) is 4.34. The summed E-state index contributed by atoms with van der Waals surface area (Å²) in [5, 5.41) is 0.0168. The molecule has 1 unspecified atom stereocenters. The molecule has 0 aromatic rings. The van der Waals surface area contributed by atoms with Crippen molar-refractivity contribution in [3.63, 3.8) is 0 Å². The molecule has 0 aliphatic heterocycles. The van der Waals surface area contributed by atoms with Gasteiger partial charge in [0.25, 0.3) is 0 Å². The Balaban J connectivity index is 4.08. The van der Waals surface area contributed by atoms with Gasteiger partial charge in [0.2, 0.25) is 0 Å². The van der Waals surface area contributed by atoms with Gasteiger partial charge in [-0.15, -0.1) is 11.6 Å². The van der Waals surface area contributed by atoms with Gasteiger partial charge >= 0.3 is 0 Å². The Bertz CT molecular complexity index is 155. The highest BCUT2D eigenvalue weighted by molar-refractivity contribution is 6.21. The largest absolute Gasteiger partial charge is 0.387 e. The molecule has 3 heteroatoms. The summed E-state index contributed by atoms with van der Waals surface area (Å²) in [6, 6.07) is 0. The zero-order valence-electron chi connectivity index (χ0n) is 6.56. The van der Waals surface area contributed by atoms with Crippen LogP contribution in [0.4, 0.5) is 0 Å². The van der Waals surface area contributed by atoms with Crippen LogP contribution in [-0.4, -0.2) is 11.2 Å². The zero-order chi connectivity index (χ0) is 8.15. The van der Waals surface area contributed by atoms with Gasteiger partial charge in [-0.3, -0.25) is 0 Å². The SMILES string of the molecule is CC(=CC(C)Cl)N=C(C)N. The van der Waals surface area contributed by atoms with Crippen molar-refractivity contribution in [3.05, 3.63) is 11.8 Å². The van der Waals surface area contributed by atoms with Crippen molar-refractivity contribution in [2.45, 2.75) is 26.1 Å². The standard InChI is InChI=1S/C7H13ClN2/c1-5(8)4-6(2)10-7(3)9/h4-5H,1-3H3,(H2,9,10). The van der Waals surface area contributed by atoms with Gasteiger partial charge < -0.3 is 5.73 Å². The van der Waals surface area contributed by atoms with Crippen LogP contribution in [0.2, 0.25) is 0 Å². The number of rotatable bonds is 2. The number of allylic oxidation sites excluding steroid dienone is 2. The third-order valence-electron chi connectivity index (χ3n) is 0.824. The van der Waals surface area contributed by atoms with E-state index in [9.17, 15) is 0 Å². The van der Waals surface area contributed by atoms with E-state index in [0.29, 0.717) is 5.84 Å². The highest BCUT2D eigenvalue weighted by atomic mass is 35.5. The van der Waals surface area contributed by atoms with Crippen molar-refractivity contribution >= 4 is 17.4 Å². The third kappa shape index (κ3) is 5.63. The van der Waals surface area contributed by atoms with E-state index < -0.39 is 0 Å². The Morgan fingerprint density at radius 1 is 1.60 bits per heavy atom. The maximum absolute atomic E-state index is 5.67. The van der Waals surface area contributed by atoms with Gasteiger partial charge in [-0.25, -0.2) is 4.99 Å². The molecule has 0 saturated heterocycles. The van der Waals surface area contributed by atoms with Gasteiger partial charge in [-0.05, 0) is 26.8 Å². The summed E-state index contributed by atoms with van der Waals surface area (Å²) in [6.45, 7) is 5.50. The molecule has 0 spiro atoms. The van der Waals surface area contributed by atoms with Crippen molar-refractivity contribution in [2.75, 3.05) is 0 Å². The van der Waals surface area contributed by atoms with Gasteiger partial charge in [0, 0.05) is 5.70 Å². The number of aliphatic imine (C=N–C) groups is 1. The van der Waals surface area contributed by atoms with Crippen LogP contribution < -0.4 is 5.73 Å². The maximum atomic E-state index is 5.67. The maximum Gasteiger partial charge on any atom is 0.0960 e. The van der Waals surface area contributed by atoms with Crippen molar-refractivity contribution < 1.29 is 0 Å². The number of amidine groups is 1. The number of nitrogens with two attached hydrogens (primary N) is 1. The van der Waals surface area contributed by atoms with E-state index in [2.05, 4.69) is 4.99 Å². The molecule has 0 bridgehead atoms. The summed E-state index contributed by atoms with van der Waals surface area (Å²) in [7, 11) is 0. The minimum Gasteiger partial charge on any atom is -0.387 e. The van der Waals surface area contributed by atoms with E-state index in [1.165, 1.54) is 0 Å². The third-order valence-corrected chi connectivity index (χ3v) is 0.950. The van der Waals surface area contributed by atoms with Crippen LogP contribution in [0.3, 0.4) is 0 Å². The molecule has 0 aliphatic carbocycles. The molecule has 2 nitrogen and oxygen atoms in total. The Hall–Kier alpha value is -0.500. The molecular weight excluding hydrogens is 148 g/mol. The number of alkyl halides is 1. The summed E-state index contributed by atoms with van der Waals surface area (Å²) >= 11 is 5.67. The fourth-order valence-corrected chi connectivity index (χ4v) is 0.830. The molecule has 0 amide bonds. The number of hydrogen-bond donors (Lipinski definition) is 1. The first-order valence-electron chi connectivity index (χ1n) is 3.15. The van der Waals surface area contributed by atoms with Crippen LogP contribution in [0.15, 0.2) is 16.8 Å². The van der Waals surface area contributed by atoms with Crippen molar-refractivity contribution in [3.8, 4) is 0 Å². The molecule has 0 aromatic heterocycles. The normalized spacial score (nSPS) is 17.2. The first kappa shape index (κ1) is 9.50. The molecule has 2 N–H and O–H groups in total. The van der Waals surface area contributed by atoms with E-state index in [-0.39, 0.29) is 5.38 Å². The monoisotopic (exact) mass is 160 g/mol. The van der Waals surface area contributed by atoms with Crippen molar-refractivity contribution in [2.24, 2.45) is 10.7 Å². The molecule has 0 radical (unpaired) electrons. The topological polar surface area (TPSA) is 38.4 Å². The lowest BCUT2D eigenvalue weighted by atomic mass is 10.3. The molecule has 0 fully saturated rings. The summed E-state index contributed by atoms with van der Waals surface area (Å²) in [4.78, 5) is 3.99. The van der Waals surface area contributed by atoms with Gasteiger partial charge in [0.1, 0.15) is 0 Å². The Labute approximate surface area is 66.8 Å². The number of hydrogen-bond acceptors (Lipinski definition) is 1. The molecule has 0 saturated carbocycles. The fraction of sp³-hybridized carbons (Fsp3) is 0.571. The summed E-state index contributed by atoms with van der Waals surface area (Å²) in [5.74, 6) is 0.561. The Morgan fingerprint density at radius 3 is 2.40 bits per heavy atom. The second-order valence-electron chi connectivity index (χ2n) is 2.24. The summed E-state index contributed by atoms with van der Waals surface area (Å²) in [5.41, 5.74) is 6.20. The van der Waals surface area contributed by atoms with Crippen LogP contribution in [-0.2, 0) is 0 Å². The first-order valence-corrected chi connectivity index (χ1v) is 3.59. The lowest BCUT2D eigenvalue weighted by molar-refractivity contribution is 1.16. The highest BCUT2D eigenvalue weighted by Crippen LogP contribution is 2.02. The number of halogens is 1. The lowest BCUT2D eigenvalue weighted by Crippen LogP contribution is -2.05. The minimum absolute atomic E-state index is 0.0168. The van der Waals surface area contributed by atoms with Crippen LogP contribution in [0.5, 0.6) is 0 Å². The predicted octanol–water partition coefficient (Wildman–Crippen LogP) is 1.89. The molecule has 58 valence electrons. The molecule has 0 aliphatic rings. The molecular formula is C7H13ClN2. The molecule has 10 heavy (non-hydrogen) atoms. The molecule has 1 atom stereocenters. The highest BCUT2D eigenvalue weighted by Gasteiger charge is 1.90. The van der Waals surface area contributed by atoms with Crippen LogP contribution in [0.1, 0.15) is 20.8 Å². The quantitative estimate of drug-likeness (QED) is 0.374. The smallest absolute Gasteiger partial charge is 0.0960 e. The minimum atomic E-state index is 0.0168. The zero-order valence-corrected chi connectivity index (χ0v) is 7.31. The average Bonchev–Trinajstić information content (AvgIpc) is 1.58. The lowest BCUT2D eigenvalue weighted by Gasteiger charge is -1.95. The van der Waals surface area contributed by atoms with E-state index in [4.69, 9.17) is 17.3 Å². The van der Waals surface area contributed by atoms with E-state index in [0.717, 1.165) is 5.70 Å². The van der Waals surface area contributed by atoms with Crippen molar-refractivity contribution in [1.29, 1.82) is 0 Å². The van der Waals surface area contributed by atoms with E-state index in [1.54, 1.807) is 6.92 Å². The van der Waals surface area contributed by atoms with Gasteiger partial charge in [0.05, 0.1) is 11.2 Å². The predicted molar refractivity (Wildman–Crippen MR) is 46.4 cm³/mol. The van der Waals surface area contributed by atoms with Crippen LogP contribution >= 0.6 is 11.6 Å².